The van der Waals surface area contributed by atoms with Gasteiger partial charge in [-0.25, -0.2) is 13.2 Å². The van der Waals surface area contributed by atoms with Crippen molar-refractivity contribution in [3.63, 3.8) is 0 Å². The van der Waals surface area contributed by atoms with Gasteiger partial charge in [-0.3, -0.25) is 21.3 Å². The summed E-state index contributed by atoms with van der Waals surface area (Å²) < 4.78 is 29.6. The number of benzene rings is 1. The van der Waals surface area contributed by atoms with Gasteiger partial charge in [-0.2, -0.15) is 4.72 Å². The number of piperidine rings is 1. The maximum absolute atomic E-state index is 13.5. The molecule has 0 unspecified atom stereocenters. The maximum Gasteiger partial charge on any atom is 0.338 e. The van der Waals surface area contributed by atoms with Gasteiger partial charge in [0.1, 0.15) is 17.0 Å². The Morgan fingerprint density at radius 2 is 2.03 bits per heavy atom. The van der Waals surface area contributed by atoms with E-state index in [-0.39, 0.29) is 29.7 Å². The number of nitrogens with one attached hydrogen (secondary N) is 3. The van der Waals surface area contributed by atoms with Crippen molar-refractivity contribution in [2.75, 3.05) is 25.0 Å². The molecule has 0 radical (unpaired) electrons. The highest BCUT2D eigenvalue weighted by molar-refractivity contribution is 7.89. The molecule has 1 saturated heterocycles. The Bertz CT molecular complexity index is 1070. The van der Waals surface area contributed by atoms with Gasteiger partial charge in [0.2, 0.25) is 15.9 Å². The van der Waals surface area contributed by atoms with Crippen molar-refractivity contribution in [1.82, 2.24) is 9.62 Å². The minimum Gasteiger partial charge on any atom is -0.480 e. The molecule has 194 valence electrons. The molecule has 1 aromatic carbocycles. The van der Waals surface area contributed by atoms with Gasteiger partial charge < -0.3 is 15.3 Å². The molecule has 0 spiro atoms. The quantitative estimate of drug-likeness (QED) is 0.136. The van der Waals surface area contributed by atoms with Gasteiger partial charge >= 0.3 is 11.9 Å². The molecule has 0 aliphatic carbocycles. The number of carboxylic acids is 1. The number of hydrogen-bond donors (Lipinski definition) is 6. The van der Waals surface area contributed by atoms with Crippen molar-refractivity contribution in [2.45, 2.75) is 62.9 Å². The number of para-hydroxylation sites is 1. The minimum absolute atomic E-state index is 0.0284. The molecule has 4 atom stereocenters. The predicted molar refractivity (Wildman–Crippen MR) is 132 cm³/mol. The molecule has 0 aromatic heterocycles. The van der Waals surface area contributed by atoms with E-state index in [1.165, 1.54) is 11.0 Å². The maximum atomic E-state index is 13.5. The smallest absolute Gasteiger partial charge is 0.338 e. The molecular formula is C23H37N6O5S+. The Balaban J connectivity index is 1.88. The van der Waals surface area contributed by atoms with Crippen molar-refractivity contribution in [1.29, 1.82) is 0 Å². The molecule has 3 rings (SSSR count). The zero-order valence-corrected chi connectivity index (χ0v) is 21.1. The first-order valence-electron chi connectivity index (χ1n) is 12.0. The molecule has 11 nitrogen and oxygen atoms in total. The van der Waals surface area contributed by atoms with Crippen LogP contribution >= 0.6 is 0 Å². The Hall–Kier alpha value is -2.86. The molecule has 12 heteroatoms. The monoisotopic (exact) mass is 509 g/mol. The number of fused-ring (bicyclic) bond motifs is 1. The zero-order chi connectivity index (χ0) is 25.8. The third-order valence-corrected chi connectivity index (χ3v) is 8.14. The van der Waals surface area contributed by atoms with Gasteiger partial charge in [-0.15, -0.1) is 0 Å². The van der Waals surface area contributed by atoms with Crippen LogP contribution in [0.5, 0.6) is 0 Å². The fourth-order valence-corrected chi connectivity index (χ4v) is 6.21. The lowest BCUT2D eigenvalue weighted by Gasteiger charge is -2.38. The zero-order valence-electron chi connectivity index (χ0n) is 20.3. The van der Waals surface area contributed by atoms with Crippen molar-refractivity contribution in [3.05, 3.63) is 23.8 Å². The second-order valence-electron chi connectivity index (χ2n) is 9.69. The lowest BCUT2D eigenvalue weighted by molar-refractivity contribution is -0.459. The Kier molecular flexibility index (Phi) is 8.60. The molecule has 1 fully saturated rings. The van der Waals surface area contributed by atoms with Gasteiger partial charge in [0, 0.05) is 13.1 Å². The first-order valence-corrected chi connectivity index (χ1v) is 13.5. The van der Waals surface area contributed by atoms with E-state index in [9.17, 15) is 23.1 Å². The second kappa shape index (κ2) is 11.3. The van der Waals surface area contributed by atoms with E-state index in [1.807, 2.05) is 13.0 Å². The summed E-state index contributed by atoms with van der Waals surface area (Å²) in [6, 6.07) is 2.98. The standard InChI is InChI=1S/C23H36N6O5S/c1-14-8-10-29(18(12-14)22(31)32)21(30)17(6-4-9-26-23(24)25)28-35(33,34)19-7-3-5-16-11-15(2)13-27-20(16)19/h3,5,7,14-15,17-18,27-28H,4,6,8-13H2,1-2H3,(H,31,32)(H4,24,25,26)/p+1/t14-,15+,17+,18-/m1/s1. The molecule has 0 bridgehead atoms. The summed E-state index contributed by atoms with van der Waals surface area (Å²) in [4.78, 5) is 29.6. The number of sulfonamides is 1. The van der Waals surface area contributed by atoms with E-state index < -0.39 is 34.0 Å². The van der Waals surface area contributed by atoms with Crippen LogP contribution in [0, 0.1) is 11.8 Å². The van der Waals surface area contributed by atoms with E-state index in [1.54, 1.807) is 6.07 Å². The van der Waals surface area contributed by atoms with Crippen LogP contribution < -0.4 is 26.5 Å². The highest BCUT2D eigenvalue weighted by atomic mass is 32.2. The molecule has 1 aromatic rings. The topological polar surface area (TPSA) is 182 Å². The van der Waals surface area contributed by atoms with Gasteiger partial charge in [0.25, 0.3) is 0 Å². The fourth-order valence-electron chi connectivity index (χ4n) is 4.76. The summed E-state index contributed by atoms with van der Waals surface area (Å²) in [5.74, 6) is -1.07. The van der Waals surface area contributed by atoms with Crippen LogP contribution in [0.2, 0.25) is 0 Å². The summed E-state index contributed by atoms with van der Waals surface area (Å²) in [5, 5.41) is 12.9. The van der Waals surface area contributed by atoms with E-state index in [0.29, 0.717) is 44.0 Å². The molecule has 8 N–H and O–H groups in total. The molecule has 1 amide bonds. The highest BCUT2D eigenvalue weighted by Crippen LogP contribution is 2.31. The van der Waals surface area contributed by atoms with Crippen LogP contribution in [0.4, 0.5) is 5.69 Å². The minimum atomic E-state index is -4.09. The molecule has 2 aliphatic rings. The third kappa shape index (κ3) is 6.63. The number of aliphatic carboxylic acids is 1. The van der Waals surface area contributed by atoms with Crippen molar-refractivity contribution < 1.29 is 28.1 Å². The number of carbonyl (C=O) groups excluding carboxylic acids is 1. The number of nitrogens with two attached hydrogens (primary N) is 2. The molecule has 2 aliphatic heterocycles. The normalized spacial score (nSPS) is 23.0. The molecule has 2 heterocycles. The summed E-state index contributed by atoms with van der Waals surface area (Å²) in [6.07, 6.45) is 2.28. The number of carbonyl (C=O) groups is 2. The summed E-state index contributed by atoms with van der Waals surface area (Å²) >= 11 is 0. The van der Waals surface area contributed by atoms with Crippen LogP contribution in [0.1, 0.15) is 45.1 Å². The van der Waals surface area contributed by atoms with Crippen molar-refractivity contribution in [3.8, 4) is 0 Å². The number of nitrogens with zero attached hydrogens (tertiary/aromatic N) is 1. The number of carboxylic acid groups (broad SMARTS) is 1. The summed E-state index contributed by atoms with van der Waals surface area (Å²) in [7, 11) is -4.09. The largest absolute Gasteiger partial charge is 0.480 e. The summed E-state index contributed by atoms with van der Waals surface area (Å²) in [5.41, 5.74) is 12.3. The van der Waals surface area contributed by atoms with Crippen molar-refractivity contribution in [2.24, 2.45) is 23.3 Å². The highest BCUT2D eigenvalue weighted by Gasteiger charge is 2.39. The van der Waals surface area contributed by atoms with Crippen LogP contribution in [0.25, 0.3) is 0 Å². The van der Waals surface area contributed by atoms with Gasteiger partial charge in [-0.05, 0) is 55.6 Å². The lowest BCUT2D eigenvalue weighted by Crippen LogP contribution is -2.78. The van der Waals surface area contributed by atoms with Crippen LogP contribution in [0.15, 0.2) is 23.1 Å². The molecule has 0 saturated carbocycles. The van der Waals surface area contributed by atoms with Crippen molar-refractivity contribution >= 4 is 33.5 Å². The first-order chi connectivity index (χ1) is 16.5. The lowest BCUT2D eigenvalue weighted by atomic mass is 9.91. The Labute approximate surface area is 206 Å². The SMILES string of the molecule is C[C@@H]1CNc2c(cccc2S(=O)(=O)N[C@@H](CCC[NH+]=C(N)N)C(=O)N2CC[C@@H](C)C[C@@H]2C(=O)O)C1. The van der Waals surface area contributed by atoms with Gasteiger partial charge in [-0.1, -0.05) is 26.0 Å². The Morgan fingerprint density at radius 3 is 2.71 bits per heavy atom. The van der Waals surface area contributed by atoms with Crippen LogP contribution in [-0.2, 0) is 26.0 Å². The molecular weight excluding hydrogens is 472 g/mol. The van der Waals surface area contributed by atoms with E-state index >= 15 is 0 Å². The third-order valence-electron chi connectivity index (χ3n) is 6.62. The Morgan fingerprint density at radius 1 is 1.29 bits per heavy atom. The fraction of sp³-hybridized carbons (Fsp3) is 0.609. The predicted octanol–water partition coefficient (Wildman–Crippen LogP) is -1.22. The average molecular weight is 510 g/mol. The molecule has 35 heavy (non-hydrogen) atoms. The number of amides is 1. The first kappa shape index (κ1) is 26.7. The van der Waals surface area contributed by atoms with Crippen LogP contribution in [-0.4, -0.2) is 68.0 Å². The van der Waals surface area contributed by atoms with Gasteiger partial charge in [0.15, 0.2) is 0 Å². The number of guanidine groups is 1. The summed E-state index contributed by atoms with van der Waals surface area (Å²) in [6.45, 7) is 5.28. The number of hydrogen-bond acceptors (Lipinski definition) is 5. The number of anilines is 1. The number of rotatable bonds is 9. The van der Waals surface area contributed by atoms with E-state index in [0.717, 1.165) is 12.0 Å². The second-order valence-corrected chi connectivity index (χ2v) is 11.4. The van der Waals surface area contributed by atoms with Gasteiger partial charge in [0.05, 0.1) is 12.2 Å². The van der Waals surface area contributed by atoms with Crippen LogP contribution in [0.3, 0.4) is 0 Å². The van der Waals surface area contributed by atoms with E-state index in [4.69, 9.17) is 11.5 Å². The average Bonchev–Trinajstić information content (AvgIpc) is 2.79. The van der Waals surface area contributed by atoms with E-state index in [2.05, 4.69) is 22.0 Å². The number of likely N-dealkylation sites (tertiary alicyclic amines) is 1.